The van der Waals surface area contributed by atoms with Crippen molar-refractivity contribution in [3.05, 3.63) is 58.3 Å². The summed E-state index contributed by atoms with van der Waals surface area (Å²) >= 11 is 3.10. The third kappa shape index (κ3) is 2.96. The van der Waals surface area contributed by atoms with Crippen LogP contribution in [-0.2, 0) is 10.0 Å². The normalized spacial score (nSPS) is 11.4. The van der Waals surface area contributed by atoms with Gasteiger partial charge in [-0.25, -0.2) is 21.6 Å². The largest absolute Gasteiger partial charge is 0.278 e. The van der Waals surface area contributed by atoms with E-state index in [1.54, 1.807) is 18.2 Å². The Balaban J connectivity index is 2.50. The highest BCUT2D eigenvalue weighted by Crippen LogP contribution is 2.27. The standard InChI is InChI=1S/C12H7BrF3NO2S/c13-8-3-1-2-4-11(8)17-20(18,19)12-9(15)5-7(14)6-10(12)16/h1-6,17H. The number of nitrogens with one attached hydrogen (secondary N) is 1. The fourth-order valence-corrected chi connectivity index (χ4v) is 3.24. The average Bonchev–Trinajstić information content (AvgIpc) is 2.30. The first kappa shape index (κ1) is 14.9. The highest BCUT2D eigenvalue weighted by atomic mass is 79.9. The van der Waals surface area contributed by atoms with Crippen molar-refractivity contribution in [2.45, 2.75) is 4.90 Å². The van der Waals surface area contributed by atoms with Crippen LogP contribution in [0, 0.1) is 17.5 Å². The van der Waals surface area contributed by atoms with Gasteiger partial charge in [0, 0.05) is 16.6 Å². The van der Waals surface area contributed by atoms with Crippen molar-refractivity contribution in [3.8, 4) is 0 Å². The first-order valence-corrected chi connectivity index (χ1v) is 7.51. The van der Waals surface area contributed by atoms with Crippen molar-refractivity contribution in [1.29, 1.82) is 0 Å². The van der Waals surface area contributed by atoms with E-state index in [0.29, 0.717) is 16.6 Å². The molecule has 0 radical (unpaired) electrons. The maximum atomic E-state index is 13.5. The summed E-state index contributed by atoms with van der Waals surface area (Å²) in [5, 5.41) is 0. The Hall–Kier alpha value is -1.54. The van der Waals surface area contributed by atoms with E-state index in [9.17, 15) is 21.6 Å². The average molecular weight is 366 g/mol. The molecule has 0 saturated heterocycles. The van der Waals surface area contributed by atoms with E-state index in [0.717, 1.165) is 0 Å². The van der Waals surface area contributed by atoms with E-state index < -0.39 is 32.4 Å². The van der Waals surface area contributed by atoms with Gasteiger partial charge in [0.15, 0.2) is 4.90 Å². The minimum Gasteiger partial charge on any atom is -0.278 e. The monoisotopic (exact) mass is 365 g/mol. The minimum atomic E-state index is -4.51. The van der Waals surface area contributed by atoms with Crippen LogP contribution < -0.4 is 4.72 Å². The summed E-state index contributed by atoms with van der Waals surface area (Å²) in [4.78, 5) is -1.23. The molecular formula is C12H7BrF3NO2S. The molecule has 0 aliphatic carbocycles. The number of para-hydroxylation sites is 1. The first-order chi connectivity index (χ1) is 9.31. The smallest absolute Gasteiger partial charge is 0.267 e. The van der Waals surface area contributed by atoms with Gasteiger partial charge in [-0.2, -0.15) is 0 Å². The summed E-state index contributed by atoms with van der Waals surface area (Å²) in [6, 6.07) is 6.74. The van der Waals surface area contributed by atoms with Crippen LogP contribution in [0.15, 0.2) is 45.8 Å². The first-order valence-electron chi connectivity index (χ1n) is 5.23. The van der Waals surface area contributed by atoms with Crippen molar-refractivity contribution in [2.24, 2.45) is 0 Å². The van der Waals surface area contributed by atoms with Crippen LogP contribution in [-0.4, -0.2) is 8.42 Å². The number of sulfonamides is 1. The van der Waals surface area contributed by atoms with Crippen LogP contribution in [0.3, 0.4) is 0 Å². The van der Waals surface area contributed by atoms with Gasteiger partial charge < -0.3 is 0 Å². The molecule has 2 aromatic carbocycles. The zero-order valence-corrected chi connectivity index (χ0v) is 12.1. The molecule has 2 aromatic rings. The van der Waals surface area contributed by atoms with E-state index in [-0.39, 0.29) is 5.69 Å². The molecule has 0 unspecified atom stereocenters. The molecule has 0 heterocycles. The van der Waals surface area contributed by atoms with Crippen molar-refractivity contribution in [1.82, 2.24) is 0 Å². The van der Waals surface area contributed by atoms with Gasteiger partial charge >= 0.3 is 0 Å². The Labute approximate surface area is 121 Å². The second-order valence-electron chi connectivity index (χ2n) is 3.78. The zero-order chi connectivity index (χ0) is 14.9. The molecule has 20 heavy (non-hydrogen) atoms. The quantitative estimate of drug-likeness (QED) is 0.901. The Kier molecular flexibility index (Phi) is 4.05. The van der Waals surface area contributed by atoms with E-state index in [2.05, 4.69) is 15.9 Å². The summed E-state index contributed by atoms with van der Waals surface area (Å²) in [5.41, 5.74) is 0.107. The predicted molar refractivity (Wildman–Crippen MR) is 71.3 cm³/mol. The predicted octanol–water partition coefficient (Wildman–Crippen LogP) is 3.67. The number of hydrogen-bond acceptors (Lipinski definition) is 2. The Morgan fingerprint density at radius 2 is 1.55 bits per heavy atom. The van der Waals surface area contributed by atoms with Gasteiger partial charge in [0.25, 0.3) is 10.0 Å². The van der Waals surface area contributed by atoms with E-state index in [1.165, 1.54) is 6.07 Å². The van der Waals surface area contributed by atoms with Crippen molar-refractivity contribution in [3.63, 3.8) is 0 Å². The molecule has 0 spiro atoms. The van der Waals surface area contributed by atoms with Gasteiger partial charge in [0.05, 0.1) is 5.69 Å². The zero-order valence-electron chi connectivity index (χ0n) is 9.70. The topological polar surface area (TPSA) is 46.2 Å². The molecule has 0 bridgehead atoms. The minimum absolute atomic E-state index is 0.107. The lowest BCUT2D eigenvalue weighted by molar-refractivity contribution is 0.498. The molecule has 0 aliphatic heterocycles. The summed E-state index contributed by atoms with van der Waals surface area (Å²) in [6.45, 7) is 0. The molecule has 1 N–H and O–H groups in total. The lowest BCUT2D eigenvalue weighted by Gasteiger charge is -2.11. The summed E-state index contributed by atoms with van der Waals surface area (Å²) < 4.78 is 66.1. The van der Waals surface area contributed by atoms with Crippen LogP contribution in [0.2, 0.25) is 0 Å². The van der Waals surface area contributed by atoms with Gasteiger partial charge in [-0.05, 0) is 28.1 Å². The molecule has 0 aliphatic rings. The van der Waals surface area contributed by atoms with E-state index in [1.807, 2.05) is 4.72 Å². The maximum Gasteiger partial charge on any atom is 0.267 e. The molecule has 0 fully saturated rings. The Bertz CT molecular complexity index is 742. The van der Waals surface area contributed by atoms with Gasteiger partial charge in [0.2, 0.25) is 0 Å². The van der Waals surface area contributed by atoms with Crippen LogP contribution >= 0.6 is 15.9 Å². The van der Waals surface area contributed by atoms with Gasteiger partial charge in [-0.1, -0.05) is 12.1 Å². The van der Waals surface area contributed by atoms with Crippen LogP contribution in [0.1, 0.15) is 0 Å². The number of anilines is 1. The third-order valence-electron chi connectivity index (χ3n) is 2.35. The summed E-state index contributed by atoms with van der Waals surface area (Å²) in [5.74, 6) is -4.19. The highest BCUT2D eigenvalue weighted by molar-refractivity contribution is 9.10. The fourth-order valence-electron chi connectivity index (χ4n) is 1.53. The van der Waals surface area contributed by atoms with Crippen LogP contribution in [0.5, 0.6) is 0 Å². The van der Waals surface area contributed by atoms with Gasteiger partial charge in [-0.3, -0.25) is 4.72 Å². The number of halogens is 4. The molecule has 0 aromatic heterocycles. The van der Waals surface area contributed by atoms with Crippen LogP contribution in [0.4, 0.5) is 18.9 Å². The third-order valence-corrected chi connectivity index (χ3v) is 4.46. The number of hydrogen-bond donors (Lipinski definition) is 1. The summed E-state index contributed by atoms with van der Waals surface area (Å²) in [6.07, 6.45) is 0. The van der Waals surface area contributed by atoms with Crippen molar-refractivity contribution < 1.29 is 21.6 Å². The molecule has 0 amide bonds. The molecule has 0 saturated carbocycles. The van der Waals surface area contributed by atoms with Crippen molar-refractivity contribution in [2.75, 3.05) is 4.72 Å². The van der Waals surface area contributed by atoms with E-state index >= 15 is 0 Å². The molecule has 0 atom stereocenters. The Morgan fingerprint density at radius 3 is 2.10 bits per heavy atom. The molecular weight excluding hydrogens is 359 g/mol. The van der Waals surface area contributed by atoms with Crippen LogP contribution in [0.25, 0.3) is 0 Å². The molecule has 8 heteroatoms. The van der Waals surface area contributed by atoms with E-state index in [4.69, 9.17) is 0 Å². The molecule has 3 nitrogen and oxygen atoms in total. The number of benzene rings is 2. The second-order valence-corrected chi connectivity index (χ2v) is 6.26. The SMILES string of the molecule is O=S(=O)(Nc1ccccc1Br)c1c(F)cc(F)cc1F. The van der Waals surface area contributed by atoms with Gasteiger partial charge in [-0.15, -0.1) is 0 Å². The Morgan fingerprint density at radius 1 is 1.00 bits per heavy atom. The summed E-state index contributed by atoms with van der Waals surface area (Å²) in [7, 11) is -4.51. The second kappa shape index (κ2) is 5.45. The van der Waals surface area contributed by atoms with Gasteiger partial charge in [0.1, 0.15) is 17.5 Å². The lowest BCUT2D eigenvalue weighted by Crippen LogP contribution is -2.17. The molecule has 2 rings (SSSR count). The molecule has 106 valence electrons. The lowest BCUT2D eigenvalue weighted by atomic mass is 10.3. The fraction of sp³-hybridized carbons (Fsp3) is 0. The number of rotatable bonds is 3. The van der Waals surface area contributed by atoms with Crippen molar-refractivity contribution >= 4 is 31.6 Å². The highest BCUT2D eigenvalue weighted by Gasteiger charge is 2.25. The maximum absolute atomic E-state index is 13.5.